The molecule has 1 saturated carbocycles. The summed E-state index contributed by atoms with van der Waals surface area (Å²) in [5, 5.41) is 9.47. The Morgan fingerprint density at radius 1 is 1.50 bits per heavy atom. The highest BCUT2D eigenvalue weighted by molar-refractivity contribution is 6.30. The summed E-state index contributed by atoms with van der Waals surface area (Å²) in [5.74, 6) is -0.694. The molecule has 0 saturated heterocycles. The molecule has 1 N–H and O–H groups in total. The summed E-state index contributed by atoms with van der Waals surface area (Å²) in [4.78, 5) is 0. The van der Waals surface area contributed by atoms with Crippen LogP contribution >= 0.6 is 11.6 Å². The lowest BCUT2D eigenvalue weighted by Gasteiger charge is -2.37. The molecule has 0 unspecified atom stereocenters. The van der Waals surface area contributed by atoms with Gasteiger partial charge < -0.3 is 5.11 Å². The van der Waals surface area contributed by atoms with Gasteiger partial charge in [-0.15, -0.1) is 6.58 Å². The molecule has 1 aliphatic carbocycles. The Bertz CT molecular complexity index is 261. The second-order valence-electron chi connectivity index (χ2n) is 3.60. The van der Waals surface area contributed by atoms with Crippen LogP contribution in [0.5, 0.6) is 0 Å². The molecule has 1 nitrogen and oxygen atoms in total. The van der Waals surface area contributed by atoms with Gasteiger partial charge in [0.2, 0.25) is 0 Å². The highest BCUT2D eigenvalue weighted by atomic mass is 35.5. The van der Waals surface area contributed by atoms with Gasteiger partial charge in [-0.25, -0.2) is 0 Å². The van der Waals surface area contributed by atoms with Crippen molar-refractivity contribution in [2.75, 3.05) is 0 Å². The van der Waals surface area contributed by atoms with Crippen LogP contribution < -0.4 is 0 Å². The topological polar surface area (TPSA) is 20.2 Å². The SMILES string of the molecule is C=C[C@]1(O)CCCC[C@H]1C(Cl)=C(F)F. The van der Waals surface area contributed by atoms with E-state index >= 15 is 0 Å². The third-order valence-electron chi connectivity index (χ3n) is 2.76. The smallest absolute Gasteiger partial charge is 0.285 e. The third kappa shape index (κ3) is 2.15. The molecule has 1 fully saturated rings. The van der Waals surface area contributed by atoms with Gasteiger partial charge in [0.25, 0.3) is 6.08 Å². The van der Waals surface area contributed by atoms with Crippen molar-refractivity contribution in [2.45, 2.75) is 31.3 Å². The van der Waals surface area contributed by atoms with E-state index in [9.17, 15) is 13.9 Å². The van der Waals surface area contributed by atoms with Crippen molar-refractivity contribution in [3.63, 3.8) is 0 Å². The summed E-state index contributed by atoms with van der Waals surface area (Å²) in [6.45, 7) is 3.47. The van der Waals surface area contributed by atoms with Gasteiger partial charge in [-0.3, -0.25) is 0 Å². The minimum absolute atomic E-state index is 0.449. The maximum Gasteiger partial charge on any atom is 0.285 e. The Hall–Kier alpha value is -0.410. The summed E-state index contributed by atoms with van der Waals surface area (Å²) in [7, 11) is 0. The molecule has 14 heavy (non-hydrogen) atoms. The largest absolute Gasteiger partial charge is 0.385 e. The van der Waals surface area contributed by atoms with E-state index in [1.54, 1.807) is 0 Å². The Balaban J connectivity index is 2.94. The Labute approximate surface area is 87.1 Å². The first-order chi connectivity index (χ1) is 6.51. The molecule has 0 spiro atoms. The lowest BCUT2D eigenvalue weighted by Crippen LogP contribution is -2.38. The van der Waals surface area contributed by atoms with E-state index in [4.69, 9.17) is 11.6 Å². The third-order valence-corrected chi connectivity index (χ3v) is 3.17. The molecule has 1 rings (SSSR count). The van der Waals surface area contributed by atoms with Gasteiger partial charge in [0, 0.05) is 5.92 Å². The summed E-state index contributed by atoms with van der Waals surface area (Å²) in [5.41, 5.74) is -1.27. The van der Waals surface area contributed by atoms with Crippen molar-refractivity contribution in [1.29, 1.82) is 0 Å². The number of aliphatic hydroxyl groups is 1. The van der Waals surface area contributed by atoms with Gasteiger partial charge in [-0.05, 0) is 12.8 Å². The van der Waals surface area contributed by atoms with Crippen LogP contribution in [0.1, 0.15) is 25.7 Å². The molecule has 0 aromatic heterocycles. The molecule has 0 amide bonds. The molecule has 2 atom stereocenters. The van der Waals surface area contributed by atoms with Crippen LogP contribution in [-0.4, -0.2) is 10.7 Å². The van der Waals surface area contributed by atoms with Crippen LogP contribution in [0.2, 0.25) is 0 Å². The van der Waals surface area contributed by atoms with Crippen molar-refractivity contribution in [1.82, 2.24) is 0 Å². The first-order valence-electron chi connectivity index (χ1n) is 4.58. The lowest BCUT2D eigenvalue weighted by atomic mass is 9.75. The van der Waals surface area contributed by atoms with Crippen LogP contribution in [0.4, 0.5) is 8.78 Å². The zero-order valence-electron chi connectivity index (χ0n) is 7.77. The number of hydrogen-bond donors (Lipinski definition) is 1. The van der Waals surface area contributed by atoms with Crippen molar-refractivity contribution in [3.05, 3.63) is 23.8 Å². The van der Waals surface area contributed by atoms with Gasteiger partial charge in [-0.1, -0.05) is 30.5 Å². The second-order valence-corrected chi connectivity index (χ2v) is 4.01. The standard InChI is InChI=1S/C10H13ClF2O/c1-2-10(14)6-4-3-5-7(10)8(11)9(12)13/h2,7,14H,1,3-6H2/t7-,10-/m0/s1. The summed E-state index contributed by atoms with van der Waals surface area (Å²) < 4.78 is 24.6. The van der Waals surface area contributed by atoms with E-state index in [1.807, 2.05) is 0 Å². The molecule has 1 aliphatic rings. The van der Waals surface area contributed by atoms with E-state index in [-0.39, 0.29) is 0 Å². The fourth-order valence-electron chi connectivity index (χ4n) is 1.90. The highest BCUT2D eigenvalue weighted by Gasteiger charge is 2.39. The predicted molar refractivity (Wildman–Crippen MR) is 52.2 cm³/mol. The van der Waals surface area contributed by atoms with Crippen LogP contribution in [0, 0.1) is 5.92 Å². The predicted octanol–water partition coefficient (Wildman–Crippen LogP) is 3.44. The zero-order chi connectivity index (χ0) is 10.8. The van der Waals surface area contributed by atoms with Crippen molar-refractivity contribution < 1.29 is 13.9 Å². The lowest BCUT2D eigenvalue weighted by molar-refractivity contribution is 0.0124. The Kier molecular flexibility index (Phi) is 3.67. The fourth-order valence-corrected chi connectivity index (χ4v) is 2.20. The van der Waals surface area contributed by atoms with E-state index in [1.165, 1.54) is 6.08 Å². The number of rotatable bonds is 2. The molecule has 0 aliphatic heterocycles. The maximum atomic E-state index is 12.3. The zero-order valence-corrected chi connectivity index (χ0v) is 8.53. The van der Waals surface area contributed by atoms with Crippen molar-refractivity contribution in [2.24, 2.45) is 5.92 Å². The molecule has 4 heteroatoms. The summed E-state index contributed by atoms with van der Waals surface area (Å²) in [6.07, 6.45) is 1.98. The maximum absolute atomic E-state index is 12.3. The van der Waals surface area contributed by atoms with E-state index < -0.39 is 22.6 Å². The van der Waals surface area contributed by atoms with Gasteiger partial charge in [-0.2, -0.15) is 8.78 Å². The molecule has 0 radical (unpaired) electrons. The highest BCUT2D eigenvalue weighted by Crippen LogP contribution is 2.41. The number of hydrogen-bond acceptors (Lipinski definition) is 1. The molecule has 0 aromatic carbocycles. The molecular weight excluding hydrogens is 210 g/mol. The van der Waals surface area contributed by atoms with Crippen LogP contribution in [0.3, 0.4) is 0 Å². The average molecular weight is 223 g/mol. The molecule has 0 bridgehead atoms. The first kappa shape index (κ1) is 11.7. The minimum Gasteiger partial charge on any atom is -0.385 e. The van der Waals surface area contributed by atoms with Crippen molar-refractivity contribution in [3.8, 4) is 0 Å². The molecular formula is C10H13ClF2O. The first-order valence-corrected chi connectivity index (χ1v) is 4.95. The number of halogens is 3. The molecule has 80 valence electrons. The van der Waals surface area contributed by atoms with Gasteiger partial charge in [0.15, 0.2) is 0 Å². The Morgan fingerprint density at radius 3 is 2.64 bits per heavy atom. The summed E-state index contributed by atoms with van der Waals surface area (Å²) >= 11 is 5.48. The molecule has 0 heterocycles. The van der Waals surface area contributed by atoms with E-state index in [2.05, 4.69) is 6.58 Å². The normalized spacial score (nSPS) is 32.4. The minimum atomic E-state index is -1.90. The molecule has 0 aromatic rings. The Morgan fingerprint density at radius 2 is 2.14 bits per heavy atom. The van der Waals surface area contributed by atoms with Crippen LogP contribution in [-0.2, 0) is 0 Å². The average Bonchev–Trinajstić information content (AvgIpc) is 2.17. The second kappa shape index (κ2) is 4.41. The van der Waals surface area contributed by atoms with Gasteiger partial charge in [0.1, 0.15) is 0 Å². The fraction of sp³-hybridized carbons (Fsp3) is 0.600. The van der Waals surface area contributed by atoms with Crippen molar-refractivity contribution >= 4 is 11.6 Å². The van der Waals surface area contributed by atoms with E-state index in [0.717, 1.165) is 12.8 Å². The monoisotopic (exact) mass is 222 g/mol. The summed E-state index contributed by atoms with van der Waals surface area (Å²) in [6, 6.07) is 0. The van der Waals surface area contributed by atoms with Gasteiger partial charge in [0.05, 0.1) is 10.6 Å². The van der Waals surface area contributed by atoms with Gasteiger partial charge >= 0.3 is 0 Å². The quantitative estimate of drug-likeness (QED) is 0.710. The van der Waals surface area contributed by atoms with Crippen LogP contribution in [0.15, 0.2) is 23.8 Å². The van der Waals surface area contributed by atoms with Crippen LogP contribution in [0.25, 0.3) is 0 Å². The van der Waals surface area contributed by atoms with E-state index in [0.29, 0.717) is 12.8 Å².